The Hall–Kier alpha value is -2.86. The molecule has 0 saturated heterocycles. The zero-order chi connectivity index (χ0) is 17.2. The van der Waals surface area contributed by atoms with E-state index in [4.69, 9.17) is 9.72 Å². The van der Waals surface area contributed by atoms with E-state index in [0.717, 1.165) is 39.1 Å². The van der Waals surface area contributed by atoms with E-state index in [1.54, 1.807) is 11.3 Å². The van der Waals surface area contributed by atoms with Crippen LogP contribution < -0.4 is 10.1 Å². The van der Waals surface area contributed by atoms with Crippen molar-refractivity contribution in [3.8, 4) is 17.3 Å². The Bertz CT molecular complexity index is 1000. The predicted octanol–water partition coefficient (Wildman–Crippen LogP) is 4.84. The van der Waals surface area contributed by atoms with Gasteiger partial charge in [0.2, 0.25) is 0 Å². The van der Waals surface area contributed by atoms with Gasteiger partial charge in [0.15, 0.2) is 11.0 Å². The van der Waals surface area contributed by atoms with E-state index < -0.39 is 0 Å². The maximum absolute atomic E-state index is 5.46. The molecule has 0 fully saturated rings. The summed E-state index contributed by atoms with van der Waals surface area (Å²) in [4.78, 5) is 9.38. The van der Waals surface area contributed by atoms with E-state index in [2.05, 4.69) is 20.9 Å². The summed E-state index contributed by atoms with van der Waals surface area (Å²) in [6.45, 7) is 2.64. The van der Waals surface area contributed by atoms with Crippen LogP contribution in [0.2, 0.25) is 0 Å². The van der Waals surface area contributed by atoms with Crippen LogP contribution in [0.5, 0.6) is 5.75 Å². The van der Waals surface area contributed by atoms with E-state index in [1.807, 2.05) is 61.8 Å². The van der Waals surface area contributed by atoms with Gasteiger partial charge in [0.05, 0.1) is 17.6 Å². The van der Waals surface area contributed by atoms with Crippen LogP contribution in [0.15, 0.2) is 53.9 Å². The molecule has 4 rings (SSSR count). The summed E-state index contributed by atoms with van der Waals surface area (Å²) in [5.41, 5.74) is 3.94. The molecule has 4 aromatic rings. The van der Waals surface area contributed by atoms with Gasteiger partial charge in [-0.1, -0.05) is 12.1 Å². The van der Waals surface area contributed by atoms with Gasteiger partial charge in [-0.3, -0.25) is 0 Å². The van der Waals surface area contributed by atoms with Crippen molar-refractivity contribution >= 4 is 33.2 Å². The minimum absolute atomic E-state index is 0.667. The number of hydrogen-bond donors (Lipinski definition) is 1. The molecule has 0 unspecified atom stereocenters. The summed E-state index contributed by atoms with van der Waals surface area (Å²) in [6, 6.07) is 16.0. The molecule has 25 heavy (non-hydrogen) atoms. The first-order valence-corrected chi connectivity index (χ1v) is 9.00. The number of thiazole rings is 1. The highest BCUT2D eigenvalue weighted by Gasteiger charge is 2.13. The van der Waals surface area contributed by atoms with Crippen molar-refractivity contribution in [1.82, 2.24) is 14.5 Å². The largest absolute Gasteiger partial charge is 0.494 e. The Labute approximate surface area is 149 Å². The quantitative estimate of drug-likeness (QED) is 0.559. The number of nitrogens with one attached hydrogen (secondary N) is 1. The van der Waals surface area contributed by atoms with Crippen molar-refractivity contribution in [2.75, 3.05) is 11.9 Å². The molecule has 0 aliphatic carbocycles. The molecular formula is C19H18N4OS. The second-order valence-electron chi connectivity index (χ2n) is 5.60. The van der Waals surface area contributed by atoms with Crippen LogP contribution in [0, 0.1) is 0 Å². The zero-order valence-corrected chi connectivity index (χ0v) is 14.9. The van der Waals surface area contributed by atoms with Crippen LogP contribution in [-0.2, 0) is 7.05 Å². The van der Waals surface area contributed by atoms with Gasteiger partial charge in [-0.2, -0.15) is 0 Å². The Morgan fingerprint density at radius 3 is 2.64 bits per heavy atom. The summed E-state index contributed by atoms with van der Waals surface area (Å²) in [6.07, 6.45) is 0. The summed E-state index contributed by atoms with van der Waals surface area (Å²) < 4.78 is 7.54. The standard InChI is InChI=1S/C19H18N4OS/c1-3-24-14-10-8-13(9-11-14)20-19-22-16(12-25-19)18-21-15-6-4-5-7-17(15)23(18)2/h4-12H,3H2,1-2H3,(H,20,22). The second-order valence-corrected chi connectivity index (χ2v) is 6.46. The third-order valence-corrected chi connectivity index (χ3v) is 4.69. The molecule has 2 aromatic heterocycles. The molecular weight excluding hydrogens is 332 g/mol. The molecule has 0 aliphatic rings. The number of imidazole rings is 1. The molecule has 0 radical (unpaired) electrons. The van der Waals surface area contributed by atoms with Crippen LogP contribution in [0.1, 0.15) is 6.92 Å². The lowest BCUT2D eigenvalue weighted by Crippen LogP contribution is -1.94. The maximum atomic E-state index is 5.46. The number of para-hydroxylation sites is 2. The molecule has 0 amide bonds. The molecule has 0 spiro atoms. The fraction of sp³-hybridized carbons (Fsp3) is 0.158. The third-order valence-electron chi connectivity index (χ3n) is 3.94. The molecule has 2 aromatic carbocycles. The summed E-state index contributed by atoms with van der Waals surface area (Å²) in [5.74, 6) is 1.74. The first-order valence-electron chi connectivity index (χ1n) is 8.12. The number of hydrogen-bond acceptors (Lipinski definition) is 5. The maximum Gasteiger partial charge on any atom is 0.187 e. The van der Waals surface area contributed by atoms with Crippen LogP contribution in [0.3, 0.4) is 0 Å². The Morgan fingerprint density at radius 2 is 1.88 bits per heavy atom. The monoisotopic (exact) mass is 350 g/mol. The van der Waals surface area contributed by atoms with Gasteiger partial charge < -0.3 is 14.6 Å². The summed E-state index contributed by atoms with van der Waals surface area (Å²) in [5, 5.41) is 6.20. The van der Waals surface area contributed by atoms with Crippen molar-refractivity contribution in [2.24, 2.45) is 7.05 Å². The minimum Gasteiger partial charge on any atom is -0.494 e. The topological polar surface area (TPSA) is 52.0 Å². The highest BCUT2D eigenvalue weighted by Crippen LogP contribution is 2.29. The van der Waals surface area contributed by atoms with E-state index in [0.29, 0.717) is 6.61 Å². The molecule has 0 bridgehead atoms. The predicted molar refractivity (Wildman–Crippen MR) is 103 cm³/mol. The van der Waals surface area contributed by atoms with Crippen molar-refractivity contribution in [1.29, 1.82) is 0 Å². The van der Waals surface area contributed by atoms with Gasteiger partial charge in [-0.25, -0.2) is 9.97 Å². The normalized spacial score (nSPS) is 11.0. The zero-order valence-electron chi connectivity index (χ0n) is 14.1. The number of aromatic nitrogens is 3. The summed E-state index contributed by atoms with van der Waals surface area (Å²) in [7, 11) is 2.02. The number of rotatable bonds is 5. The van der Waals surface area contributed by atoms with Crippen molar-refractivity contribution in [3.05, 3.63) is 53.9 Å². The number of aryl methyl sites for hydroxylation is 1. The van der Waals surface area contributed by atoms with Crippen LogP contribution in [0.4, 0.5) is 10.8 Å². The smallest absolute Gasteiger partial charge is 0.187 e. The van der Waals surface area contributed by atoms with Gasteiger partial charge in [0.25, 0.3) is 0 Å². The van der Waals surface area contributed by atoms with E-state index in [-0.39, 0.29) is 0 Å². The molecule has 0 saturated carbocycles. The van der Waals surface area contributed by atoms with E-state index >= 15 is 0 Å². The van der Waals surface area contributed by atoms with E-state index in [1.165, 1.54) is 0 Å². The molecule has 1 N–H and O–H groups in total. The van der Waals surface area contributed by atoms with Crippen molar-refractivity contribution < 1.29 is 4.74 Å². The average molecular weight is 350 g/mol. The third kappa shape index (κ3) is 3.08. The number of ether oxygens (including phenoxy) is 1. The molecule has 6 heteroatoms. The number of anilines is 2. The van der Waals surface area contributed by atoms with Gasteiger partial charge in [0, 0.05) is 18.1 Å². The summed E-state index contributed by atoms with van der Waals surface area (Å²) >= 11 is 1.57. The highest BCUT2D eigenvalue weighted by atomic mass is 32.1. The van der Waals surface area contributed by atoms with Crippen LogP contribution in [0.25, 0.3) is 22.6 Å². The number of nitrogens with zero attached hydrogens (tertiary/aromatic N) is 3. The first kappa shape index (κ1) is 15.7. The minimum atomic E-state index is 0.667. The number of fused-ring (bicyclic) bond motifs is 1. The van der Waals surface area contributed by atoms with Gasteiger partial charge in [-0.05, 0) is 43.3 Å². The average Bonchev–Trinajstić information content (AvgIpc) is 3.22. The molecule has 5 nitrogen and oxygen atoms in total. The van der Waals surface area contributed by atoms with Crippen LogP contribution >= 0.6 is 11.3 Å². The van der Waals surface area contributed by atoms with Crippen molar-refractivity contribution in [3.63, 3.8) is 0 Å². The SMILES string of the molecule is CCOc1ccc(Nc2nc(-c3nc4ccccc4n3C)cs2)cc1. The molecule has 0 aliphatic heterocycles. The molecule has 2 heterocycles. The lowest BCUT2D eigenvalue weighted by molar-refractivity contribution is 0.340. The van der Waals surface area contributed by atoms with Gasteiger partial charge in [-0.15, -0.1) is 11.3 Å². The van der Waals surface area contributed by atoms with E-state index in [9.17, 15) is 0 Å². The first-order chi connectivity index (χ1) is 12.2. The highest BCUT2D eigenvalue weighted by molar-refractivity contribution is 7.14. The van der Waals surface area contributed by atoms with Crippen molar-refractivity contribution in [2.45, 2.75) is 6.92 Å². The lowest BCUT2D eigenvalue weighted by Gasteiger charge is -2.05. The lowest BCUT2D eigenvalue weighted by atomic mass is 10.3. The number of benzene rings is 2. The second kappa shape index (κ2) is 6.57. The van der Waals surface area contributed by atoms with Gasteiger partial charge >= 0.3 is 0 Å². The molecule has 0 atom stereocenters. The Balaban J connectivity index is 1.58. The van der Waals surface area contributed by atoms with Gasteiger partial charge in [0.1, 0.15) is 11.4 Å². The molecule has 126 valence electrons. The van der Waals surface area contributed by atoms with Crippen LogP contribution in [-0.4, -0.2) is 21.1 Å². The fourth-order valence-electron chi connectivity index (χ4n) is 2.73. The fourth-order valence-corrected chi connectivity index (χ4v) is 3.44. The Kier molecular flexibility index (Phi) is 4.11. The Morgan fingerprint density at radius 1 is 1.08 bits per heavy atom.